The maximum absolute atomic E-state index is 12.9. The van der Waals surface area contributed by atoms with Gasteiger partial charge >= 0.3 is 0 Å². The van der Waals surface area contributed by atoms with Crippen LogP contribution in [0.4, 0.5) is 10.2 Å². The van der Waals surface area contributed by atoms with Gasteiger partial charge in [0.15, 0.2) is 0 Å². The topological polar surface area (TPSA) is 69.6 Å². The van der Waals surface area contributed by atoms with Gasteiger partial charge in [0, 0.05) is 12.3 Å². The van der Waals surface area contributed by atoms with Gasteiger partial charge in [0.25, 0.3) is 0 Å². The zero-order valence-corrected chi connectivity index (χ0v) is 8.78. The Bertz CT molecular complexity index is 659. The summed E-state index contributed by atoms with van der Waals surface area (Å²) in [7, 11) is 0. The highest BCUT2D eigenvalue weighted by atomic mass is 32.1. The Morgan fingerprint density at radius 2 is 2.12 bits per heavy atom. The minimum atomic E-state index is -0.511. The van der Waals surface area contributed by atoms with Crippen LogP contribution in [-0.4, -0.2) is 19.7 Å². The molecule has 0 aliphatic rings. The average Bonchev–Trinajstić information content (AvgIpc) is 2.83. The second-order valence-electron chi connectivity index (χ2n) is 3.14. The van der Waals surface area contributed by atoms with Gasteiger partial charge < -0.3 is 5.73 Å². The number of hydrogen-bond acceptors (Lipinski definition) is 5. The lowest BCUT2D eigenvalue weighted by Gasteiger charge is -1.90. The molecule has 0 saturated carbocycles. The van der Waals surface area contributed by atoms with Crippen molar-refractivity contribution in [1.29, 1.82) is 0 Å². The van der Waals surface area contributed by atoms with Crippen molar-refractivity contribution in [1.82, 2.24) is 19.7 Å². The number of hydrogen-bond donors (Lipinski definition) is 1. The first-order valence-corrected chi connectivity index (χ1v) is 5.28. The standard InChI is InChI=1S/C9H6FN5S/c10-6-2-1-5-8(13-6)16-9(12-5)15-4-3-7(11)14-15/h1-4H,(H2,11,14). The van der Waals surface area contributed by atoms with Crippen LogP contribution in [0.5, 0.6) is 0 Å². The predicted octanol–water partition coefficient (Wildman–Crippen LogP) is 1.60. The lowest BCUT2D eigenvalue weighted by Crippen LogP contribution is -1.94. The van der Waals surface area contributed by atoms with E-state index >= 15 is 0 Å². The summed E-state index contributed by atoms with van der Waals surface area (Å²) >= 11 is 1.26. The van der Waals surface area contributed by atoms with E-state index in [-0.39, 0.29) is 0 Å². The summed E-state index contributed by atoms with van der Waals surface area (Å²) in [4.78, 5) is 8.56. The van der Waals surface area contributed by atoms with E-state index in [9.17, 15) is 4.39 Å². The van der Waals surface area contributed by atoms with Gasteiger partial charge in [0.2, 0.25) is 11.1 Å². The molecule has 0 aliphatic carbocycles. The van der Waals surface area contributed by atoms with Crippen LogP contribution in [0, 0.1) is 5.95 Å². The lowest BCUT2D eigenvalue weighted by atomic mass is 10.4. The van der Waals surface area contributed by atoms with E-state index < -0.39 is 5.95 Å². The molecule has 0 bridgehead atoms. The van der Waals surface area contributed by atoms with Gasteiger partial charge in [-0.15, -0.1) is 5.10 Å². The van der Waals surface area contributed by atoms with Crippen molar-refractivity contribution < 1.29 is 4.39 Å². The molecule has 0 aromatic carbocycles. The minimum absolute atomic E-state index is 0.415. The molecule has 3 aromatic rings. The van der Waals surface area contributed by atoms with Gasteiger partial charge in [-0.2, -0.15) is 4.39 Å². The normalized spacial score (nSPS) is 11.1. The Labute approximate surface area is 93.4 Å². The molecule has 0 fully saturated rings. The first-order chi connectivity index (χ1) is 7.72. The number of nitrogens with two attached hydrogens (primary N) is 1. The third kappa shape index (κ3) is 1.41. The average molecular weight is 235 g/mol. The molecule has 2 N–H and O–H groups in total. The van der Waals surface area contributed by atoms with E-state index in [2.05, 4.69) is 15.1 Å². The Morgan fingerprint density at radius 3 is 2.88 bits per heavy atom. The van der Waals surface area contributed by atoms with Gasteiger partial charge in [-0.1, -0.05) is 11.3 Å². The van der Waals surface area contributed by atoms with Crippen molar-refractivity contribution in [2.24, 2.45) is 0 Å². The van der Waals surface area contributed by atoms with Crippen molar-refractivity contribution >= 4 is 27.5 Å². The molecule has 5 nitrogen and oxygen atoms in total. The van der Waals surface area contributed by atoms with E-state index in [4.69, 9.17) is 5.73 Å². The summed E-state index contributed by atoms with van der Waals surface area (Å²) in [5.41, 5.74) is 6.15. The summed E-state index contributed by atoms with van der Waals surface area (Å²) in [6.07, 6.45) is 1.70. The smallest absolute Gasteiger partial charge is 0.214 e. The van der Waals surface area contributed by atoms with Crippen molar-refractivity contribution in [3.8, 4) is 5.13 Å². The lowest BCUT2D eigenvalue weighted by molar-refractivity contribution is 0.589. The number of halogens is 1. The third-order valence-electron chi connectivity index (χ3n) is 2.02. The summed E-state index contributed by atoms with van der Waals surface area (Å²) < 4.78 is 14.4. The monoisotopic (exact) mass is 235 g/mol. The van der Waals surface area contributed by atoms with E-state index in [0.717, 1.165) is 0 Å². The molecule has 0 aliphatic heterocycles. The minimum Gasteiger partial charge on any atom is -0.382 e. The van der Waals surface area contributed by atoms with Crippen LogP contribution in [0.1, 0.15) is 0 Å². The van der Waals surface area contributed by atoms with Crippen molar-refractivity contribution in [2.75, 3.05) is 5.73 Å². The molecule has 3 heterocycles. The fraction of sp³-hybridized carbons (Fsp3) is 0. The zero-order valence-electron chi connectivity index (χ0n) is 7.96. The molecule has 0 radical (unpaired) electrons. The molecule has 0 atom stereocenters. The summed E-state index contributed by atoms with van der Waals surface area (Å²) in [6, 6.07) is 4.54. The van der Waals surface area contributed by atoms with Gasteiger partial charge in [-0.3, -0.25) is 0 Å². The molecular formula is C9H6FN5S. The predicted molar refractivity (Wildman–Crippen MR) is 58.9 cm³/mol. The first-order valence-electron chi connectivity index (χ1n) is 4.47. The maximum atomic E-state index is 12.9. The van der Waals surface area contributed by atoms with Gasteiger partial charge in [0.05, 0.1) is 0 Å². The van der Waals surface area contributed by atoms with Crippen LogP contribution < -0.4 is 5.73 Å². The first kappa shape index (κ1) is 9.22. The van der Waals surface area contributed by atoms with Crippen LogP contribution in [0.2, 0.25) is 0 Å². The molecule has 3 rings (SSSR count). The number of rotatable bonds is 1. The molecule has 0 amide bonds. The van der Waals surface area contributed by atoms with Crippen molar-refractivity contribution in [2.45, 2.75) is 0 Å². The summed E-state index contributed by atoms with van der Waals surface area (Å²) in [6.45, 7) is 0. The Hall–Kier alpha value is -2.02. The molecule has 7 heteroatoms. The maximum Gasteiger partial charge on any atom is 0.214 e. The molecular weight excluding hydrogens is 229 g/mol. The molecule has 0 unspecified atom stereocenters. The second-order valence-corrected chi connectivity index (χ2v) is 4.10. The summed E-state index contributed by atoms with van der Waals surface area (Å²) in [5.74, 6) is -0.0962. The largest absolute Gasteiger partial charge is 0.382 e. The number of pyridine rings is 1. The number of anilines is 1. The quantitative estimate of drug-likeness (QED) is 0.650. The van der Waals surface area contributed by atoms with Crippen LogP contribution in [0.25, 0.3) is 15.5 Å². The third-order valence-corrected chi connectivity index (χ3v) is 2.97. The number of fused-ring (bicyclic) bond motifs is 1. The Kier molecular flexibility index (Phi) is 1.87. The highest BCUT2D eigenvalue weighted by Gasteiger charge is 2.08. The van der Waals surface area contributed by atoms with E-state index in [1.807, 2.05) is 0 Å². The fourth-order valence-corrected chi connectivity index (χ4v) is 2.19. The zero-order chi connectivity index (χ0) is 11.1. The van der Waals surface area contributed by atoms with Gasteiger partial charge in [-0.05, 0) is 12.1 Å². The van der Waals surface area contributed by atoms with Crippen LogP contribution in [-0.2, 0) is 0 Å². The number of aromatic nitrogens is 4. The van der Waals surface area contributed by atoms with E-state index in [1.165, 1.54) is 17.4 Å². The molecule has 0 spiro atoms. The highest BCUT2D eigenvalue weighted by molar-refractivity contribution is 7.20. The molecule has 16 heavy (non-hydrogen) atoms. The summed E-state index contributed by atoms with van der Waals surface area (Å²) in [5, 5.41) is 4.64. The molecule has 80 valence electrons. The van der Waals surface area contributed by atoms with Crippen LogP contribution in [0.3, 0.4) is 0 Å². The Balaban J connectivity index is 2.18. The van der Waals surface area contributed by atoms with E-state index in [0.29, 0.717) is 21.3 Å². The van der Waals surface area contributed by atoms with Crippen LogP contribution >= 0.6 is 11.3 Å². The van der Waals surface area contributed by atoms with E-state index in [1.54, 1.807) is 23.0 Å². The SMILES string of the molecule is Nc1ccn(-c2nc3ccc(F)nc3s2)n1. The fourth-order valence-electron chi connectivity index (χ4n) is 1.33. The number of nitrogen functional groups attached to an aromatic ring is 1. The number of nitrogens with zero attached hydrogens (tertiary/aromatic N) is 4. The second kappa shape index (κ2) is 3.24. The Morgan fingerprint density at radius 1 is 1.25 bits per heavy atom. The van der Waals surface area contributed by atoms with Gasteiger partial charge in [0.1, 0.15) is 16.2 Å². The highest BCUT2D eigenvalue weighted by Crippen LogP contribution is 2.22. The number of thiazole rings is 1. The van der Waals surface area contributed by atoms with Gasteiger partial charge in [-0.25, -0.2) is 14.6 Å². The van der Waals surface area contributed by atoms with Crippen LogP contribution in [0.15, 0.2) is 24.4 Å². The molecule has 3 aromatic heterocycles. The molecule has 0 saturated heterocycles. The van der Waals surface area contributed by atoms with Crippen molar-refractivity contribution in [3.05, 3.63) is 30.3 Å². The van der Waals surface area contributed by atoms with Crippen molar-refractivity contribution in [3.63, 3.8) is 0 Å².